The maximum atomic E-state index is 10.2. The molecule has 7 heteroatoms. The molecule has 20 heavy (non-hydrogen) atoms. The largest absolute Gasteiger partial charge is 0.390 e. The number of rotatable bonds is 7. The van der Waals surface area contributed by atoms with Crippen molar-refractivity contribution in [2.75, 3.05) is 25.9 Å². The molecular weight excluding hydrogens is 274 g/mol. The maximum absolute atomic E-state index is 10.2. The van der Waals surface area contributed by atoms with Crippen LogP contribution in [0.4, 0.5) is 0 Å². The Hall–Kier alpha value is -1.18. The molecule has 0 aliphatic heterocycles. The van der Waals surface area contributed by atoms with Crippen molar-refractivity contribution in [1.82, 2.24) is 24.4 Å². The number of likely N-dealkylation sites (N-methyl/N-ethyl adjacent to an activating group) is 1. The molecule has 0 spiro atoms. The van der Waals surface area contributed by atoms with Crippen LogP contribution in [0.1, 0.15) is 13.8 Å². The van der Waals surface area contributed by atoms with Gasteiger partial charge in [-0.3, -0.25) is 0 Å². The van der Waals surface area contributed by atoms with Crippen molar-refractivity contribution in [3.8, 4) is 0 Å². The molecule has 0 aliphatic carbocycles. The predicted octanol–water partition coefficient (Wildman–Crippen LogP) is 1.25. The maximum Gasteiger partial charge on any atom is 0.164 e. The molecule has 6 nitrogen and oxygen atoms in total. The molecule has 0 saturated heterocycles. The van der Waals surface area contributed by atoms with Gasteiger partial charge in [0.25, 0.3) is 0 Å². The third kappa shape index (κ3) is 3.28. The standard InChI is InChI=1S/C13H21N5OS/c1-4-17(5-2)6-10(19)7-18-9-16-11-12(18)14-8-15-13(11)20-3/h8-10,19H,4-7H2,1-3H3. The van der Waals surface area contributed by atoms with E-state index in [0.29, 0.717) is 13.1 Å². The fourth-order valence-corrected chi connectivity index (χ4v) is 2.70. The average molecular weight is 295 g/mol. The van der Waals surface area contributed by atoms with Gasteiger partial charge in [0.2, 0.25) is 0 Å². The normalized spacial score (nSPS) is 13.2. The van der Waals surface area contributed by atoms with Crippen molar-refractivity contribution >= 4 is 22.9 Å². The third-order valence-electron chi connectivity index (χ3n) is 3.33. The van der Waals surface area contributed by atoms with Gasteiger partial charge in [0.1, 0.15) is 16.9 Å². The summed E-state index contributed by atoms with van der Waals surface area (Å²) in [7, 11) is 0. The van der Waals surface area contributed by atoms with Gasteiger partial charge in [-0.05, 0) is 19.3 Å². The van der Waals surface area contributed by atoms with Gasteiger partial charge in [-0.1, -0.05) is 13.8 Å². The van der Waals surface area contributed by atoms with Crippen LogP contribution in [0, 0.1) is 0 Å². The molecule has 0 amide bonds. The summed E-state index contributed by atoms with van der Waals surface area (Å²) in [5.74, 6) is 0. The number of fused-ring (bicyclic) bond motifs is 1. The molecule has 0 radical (unpaired) electrons. The van der Waals surface area contributed by atoms with E-state index in [4.69, 9.17) is 0 Å². The van der Waals surface area contributed by atoms with Gasteiger partial charge in [0, 0.05) is 6.54 Å². The molecule has 0 fully saturated rings. The zero-order valence-corrected chi connectivity index (χ0v) is 13.0. The van der Waals surface area contributed by atoms with E-state index in [1.54, 1.807) is 24.4 Å². The first kappa shape index (κ1) is 15.2. The lowest BCUT2D eigenvalue weighted by molar-refractivity contribution is 0.104. The van der Waals surface area contributed by atoms with Crippen LogP contribution in [0.15, 0.2) is 17.7 Å². The van der Waals surface area contributed by atoms with E-state index in [9.17, 15) is 5.11 Å². The molecule has 110 valence electrons. The summed E-state index contributed by atoms with van der Waals surface area (Å²) in [6, 6.07) is 0. The predicted molar refractivity (Wildman–Crippen MR) is 80.9 cm³/mol. The molecule has 2 aromatic rings. The first-order valence-corrected chi connectivity index (χ1v) is 8.02. The monoisotopic (exact) mass is 295 g/mol. The Morgan fingerprint density at radius 1 is 1.30 bits per heavy atom. The fraction of sp³-hybridized carbons (Fsp3) is 0.615. The van der Waals surface area contributed by atoms with Crippen LogP contribution in [0.2, 0.25) is 0 Å². The fourth-order valence-electron chi connectivity index (χ4n) is 2.21. The highest BCUT2D eigenvalue weighted by Crippen LogP contribution is 2.20. The SMILES string of the molecule is CCN(CC)CC(O)Cn1cnc2c(SC)ncnc21. The summed E-state index contributed by atoms with van der Waals surface area (Å²) in [6.45, 7) is 7.24. The van der Waals surface area contributed by atoms with Crippen molar-refractivity contribution in [2.45, 2.75) is 31.5 Å². The Morgan fingerprint density at radius 2 is 2.05 bits per heavy atom. The van der Waals surface area contributed by atoms with Crippen LogP contribution < -0.4 is 0 Å². The second-order valence-electron chi connectivity index (χ2n) is 4.59. The second-order valence-corrected chi connectivity index (χ2v) is 5.39. The second kappa shape index (κ2) is 7.01. The molecule has 0 aliphatic rings. The summed E-state index contributed by atoms with van der Waals surface area (Å²) in [5.41, 5.74) is 1.58. The number of hydrogen-bond acceptors (Lipinski definition) is 6. The minimum atomic E-state index is -0.431. The van der Waals surface area contributed by atoms with Crippen LogP contribution >= 0.6 is 11.8 Å². The molecule has 2 rings (SSSR count). The molecular formula is C13H21N5OS. The van der Waals surface area contributed by atoms with Crippen molar-refractivity contribution < 1.29 is 5.11 Å². The highest BCUT2D eigenvalue weighted by atomic mass is 32.2. The molecule has 1 atom stereocenters. The van der Waals surface area contributed by atoms with Crippen LogP contribution in [0.5, 0.6) is 0 Å². The van der Waals surface area contributed by atoms with E-state index < -0.39 is 6.10 Å². The smallest absolute Gasteiger partial charge is 0.164 e. The quantitative estimate of drug-likeness (QED) is 0.612. The molecule has 1 N–H and O–H groups in total. The summed E-state index contributed by atoms with van der Waals surface area (Å²) in [6.07, 6.45) is 4.81. The summed E-state index contributed by atoms with van der Waals surface area (Å²) >= 11 is 1.55. The van der Waals surface area contributed by atoms with Gasteiger partial charge in [0.15, 0.2) is 5.65 Å². The van der Waals surface area contributed by atoms with Crippen molar-refractivity contribution in [3.63, 3.8) is 0 Å². The molecule has 2 aromatic heterocycles. The Kier molecular flexibility index (Phi) is 5.33. The summed E-state index contributed by atoms with van der Waals surface area (Å²) in [4.78, 5) is 15.0. The molecule has 2 heterocycles. The van der Waals surface area contributed by atoms with Gasteiger partial charge >= 0.3 is 0 Å². The zero-order valence-electron chi connectivity index (χ0n) is 12.2. The van der Waals surface area contributed by atoms with E-state index in [1.807, 2.05) is 10.8 Å². The lowest BCUT2D eigenvalue weighted by atomic mass is 10.3. The summed E-state index contributed by atoms with van der Waals surface area (Å²) in [5, 5.41) is 11.1. The molecule has 0 aromatic carbocycles. The lowest BCUT2D eigenvalue weighted by Gasteiger charge is -2.22. The highest BCUT2D eigenvalue weighted by Gasteiger charge is 2.14. The Labute approximate surface area is 123 Å². The van der Waals surface area contributed by atoms with E-state index in [0.717, 1.165) is 29.3 Å². The van der Waals surface area contributed by atoms with Gasteiger partial charge in [-0.25, -0.2) is 15.0 Å². The lowest BCUT2D eigenvalue weighted by Crippen LogP contribution is -2.34. The minimum Gasteiger partial charge on any atom is -0.390 e. The Bertz CT molecular complexity index is 555. The van der Waals surface area contributed by atoms with E-state index in [1.165, 1.54) is 0 Å². The van der Waals surface area contributed by atoms with Gasteiger partial charge in [0.05, 0.1) is 19.0 Å². The average Bonchev–Trinajstić information content (AvgIpc) is 2.87. The molecule has 1 unspecified atom stereocenters. The van der Waals surface area contributed by atoms with Gasteiger partial charge < -0.3 is 14.6 Å². The molecule has 0 bridgehead atoms. The number of thioether (sulfide) groups is 1. The first-order valence-electron chi connectivity index (χ1n) is 6.79. The van der Waals surface area contributed by atoms with Crippen LogP contribution in [-0.4, -0.2) is 61.5 Å². The number of imidazole rings is 1. The van der Waals surface area contributed by atoms with Crippen LogP contribution in [0.3, 0.4) is 0 Å². The number of nitrogens with zero attached hydrogens (tertiary/aromatic N) is 5. The minimum absolute atomic E-state index is 0.431. The zero-order chi connectivity index (χ0) is 14.5. The van der Waals surface area contributed by atoms with Crippen LogP contribution in [0.25, 0.3) is 11.2 Å². The topological polar surface area (TPSA) is 67.1 Å². The number of aliphatic hydroxyl groups excluding tert-OH is 1. The van der Waals surface area contributed by atoms with Gasteiger partial charge in [-0.2, -0.15) is 0 Å². The number of aromatic nitrogens is 4. The third-order valence-corrected chi connectivity index (χ3v) is 4.02. The Balaban J connectivity index is 2.14. The van der Waals surface area contributed by atoms with Crippen molar-refractivity contribution in [3.05, 3.63) is 12.7 Å². The van der Waals surface area contributed by atoms with Crippen LogP contribution in [-0.2, 0) is 6.54 Å². The molecule has 0 saturated carbocycles. The van der Waals surface area contributed by atoms with E-state index in [-0.39, 0.29) is 0 Å². The highest BCUT2D eigenvalue weighted by molar-refractivity contribution is 7.98. The first-order chi connectivity index (χ1) is 9.69. The van der Waals surface area contributed by atoms with E-state index >= 15 is 0 Å². The number of hydrogen-bond donors (Lipinski definition) is 1. The summed E-state index contributed by atoms with van der Waals surface area (Å²) < 4.78 is 1.89. The Morgan fingerprint density at radius 3 is 2.70 bits per heavy atom. The van der Waals surface area contributed by atoms with Crippen molar-refractivity contribution in [2.24, 2.45) is 0 Å². The van der Waals surface area contributed by atoms with E-state index in [2.05, 4.69) is 33.7 Å². The number of aliphatic hydroxyl groups is 1. The van der Waals surface area contributed by atoms with Crippen molar-refractivity contribution in [1.29, 1.82) is 0 Å². The van der Waals surface area contributed by atoms with Gasteiger partial charge in [-0.15, -0.1) is 11.8 Å².